The molecule has 0 atom stereocenters. The number of fused-ring (bicyclic) bond motifs is 2. The Balaban J connectivity index is 1.68. The molecule has 3 aromatic heterocycles. The molecule has 5 nitrogen and oxygen atoms in total. The summed E-state index contributed by atoms with van der Waals surface area (Å²) in [5.41, 5.74) is 4.17. The van der Waals surface area contributed by atoms with Crippen molar-refractivity contribution >= 4 is 28.1 Å². The maximum atomic E-state index is 12.5. The van der Waals surface area contributed by atoms with Crippen LogP contribution in [0, 0.1) is 6.92 Å². The summed E-state index contributed by atoms with van der Waals surface area (Å²) in [6.45, 7) is 1.96. The average Bonchev–Trinajstić information content (AvgIpc) is 3.17. The molecule has 108 valence electrons. The third-order valence-corrected chi connectivity index (χ3v) is 3.88. The summed E-state index contributed by atoms with van der Waals surface area (Å²) in [6, 6.07) is 11.4. The third-order valence-electron chi connectivity index (χ3n) is 3.88. The molecule has 0 saturated heterocycles. The molecule has 1 amide bonds. The van der Waals surface area contributed by atoms with Crippen molar-refractivity contribution < 1.29 is 4.79 Å². The SMILES string of the molecule is Cc1c(NC(=O)c2ccc3cc[nH]c3c2)ccc2nccn12. The Hall–Kier alpha value is -3.08. The summed E-state index contributed by atoms with van der Waals surface area (Å²) in [7, 11) is 0. The number of H-pyrrole nitrogens is 1. The number of carbonyl (C=O) groups excluding carboxylic acids is 1. The highest BCUT2D eigenvalue weighted by atomic mass is 16.1. The van der Waals surface area contributed by atoms with E-state index in [1.807, 2.05) is 60.1 Å². The second kappa shape index (κ2) is 4.73. The van der Waals surface area contributed by atoms with Gasteiger partial charge in [-0.3, -0.25) is 4.79 Å². The average molecular weight is 290 g/mol. The quantitative estimate of drug-likeness (QED) is 0.594. The monoisotopic (exact) mass is 290 g/mol. The maximum Gasteiger partial charge on any atom is 0.255 e. The van der Waals surface area contributed by atoms with Crippen LogP contribution in [0.25, 0.3) is 16.6 Å². The largest absolute Gasteiger partial charge is 0.361 e. The van der Waals surface area contributed by atoms with Crippen LogP contribution in [0.5, 0.6) is 0 Å². The molecular formula is C17H14N4O. The van der Waals surface area contributed by atoms with Crippen molar-refractivity contribution in [2.24, 2.45) is 0 Å². The summed E-state index contributed by atoms with van der Waals surface area (Å²) in [5, 5.41) is 4.05. The van der Waals surface area contributed by atoms with E-state index in [4.69, 9.17) is 0 Å². The Morgan fingerprint density at radius 2 is 2.14 bits per heavy atom. The van der Waals surface area contributed by atoms with E-state index < -0.39 is 0 Å². The van der Waals surface area contributed by atoms with E-state index in [-0.39, 0.29) is 5.91 Å². The Bertz CT molecular complexity index is 996. The number of benzene rings is 1. The van der Waals surface area contributed by atoms with Gasteiger partial charge in [0, 0.05) is 35.4 Å². The predicted molar refractivity (Wildman–Crippen MR) is 86.2 cm³/mol. The zero-order valence-corrected chi connectivity index (χ0v) is 12.0. The van der Waals surface area contributed by atoms with E-state index >= 15 is 0 Å². The fourth-order valence-electron chi connectivity index (χ4n) is 2.65. The molecule has 5 heteroatoms. The summed E-state index contributed by atoms with van der Waals surface area (Å²) >= 11 is 0. The minimum atomic E-state index is -0.126. The van der Waals surface area contributed by atoms with Gasteiger partial charge in [-0.15, -0.1) is 0 Å². The molecule has 0 unspecified atom stereocenters. The molecule has 0 spiro atoms. The number of aryl methyl sites for hydroxylation is 1. The molecule has 0 fully saturated rings. The highest BCUT2D eigenvalue weighted by molar-refractivity contribution is 6.06. The number of imidazole rings is 1. The number of pyridine rings is 1. The topological polar surface area (TPSA) is 62.2 Å². The summed E-state index contributed by atoms with van der Waals surface area (Å²) < 4.78 is 1.95. The minimum absolute atomic E-state index is 0.126. The van der Waals surface area contributed by atoms with Crippen LogP contribution >= 0.6 is 0 Å². The van der Waals surface area contributed by atoms with Gasteiger partial charge in [-0.2, -0.15) is 0 Å². The minimum Gasteiger partial charge on any atom is -0.361 e. The van der Waals surface area contributed by atoms with Gasteiger partial charge in [0.05, 0.1) is 5.69 Å². The Morgan fingerprint density at radius 1 is 1.23 bits per heavy atom. The van der Waals surface area contributed by atoms with Gasteiger partial charge in [0.15, 0.2) is 0 Å². The Morgan fingerprint density at radius 3 is 3.05 bits per heavy atom. The van der Waals surface area contributed by atoms with Gasteiger partial charge in [-0.1, -0.05) is 6.07 Å². The molecule has 22 heavy (non-hydrogen) atoms. The molecule has 0 aliphatic carbocycles. The number of carbonyl (C=O) groups is 1. The standard InChI is InChI=1S/C17H14N4O/c1-11-14(4-5-16-19-8-9-21(11)16)20-17(22)13-3-2-12-6-7-18-15(12)10-13/h2-10,18H,1H3,(H,20,22). The fourth-order valence-corrected chi connectivity index (χ4v) is 2.65. The van der Waals surface area contributed by atoms with Crippen molar-refractivity contribution in [3.05, 3.63) is 66.2 Å². The Kier molecular flexibility index (Phi) is 2.72. The van der Waals surface area contributed by atoms with Crippen molar-refractivity contribution in [1.82, 2.24) is 14.4 Å². The van der Waals surface area contributed by atoms with E-state index in [1.165, 1.54) is 0 Å². The van der Waals surface area contributed by atoms with E-state index in [9.17, 15) is 4.79 Å². The number of rotatable bonds is 2. The van der Waals surface area contributed by atoms with Crippen LogP contribution in [0.4, 0.5) is 5.69 Å². The number of aromatic amines is 1. The molecule has 2 N–H and O–H groups in total. The first kappa shape index (κ1) is 12.6. The third kappa shape index (κ3) is 1.95. The van der Waals surface area contributed by atoms with Crippen molar-refractivity contribution in [1.29, 1.82) is 0 Å². The number of nitrogens with zero attached hydrogens (tertiary/aromatic N) is 2. The number of hydrogen-bond acceptors (Lipinski definition) is 2. The van der Waals surface area contributed by atoms with E-state index in [0.717, 1.165) is 27.9 Å². The van der Waals surface area contributed by atoms with Crippen molar-refractivity contribution in [2.45, 2.75) is 6.92 Å². The summed E-state index contributed by atoms with van der Waals surface area (Å²) in [6.07, 6.45) is 5.49. The second-order valence-electron chi connectivity index (χ2n) is 5.22. The van der Waals surface area contributed by atoms with Crippen LogP contribution in [0.2, 0.25) is 0 Å². The summed E-state index contributed by atoms with van der Waals surface area (Å²) in [5.74, 6) is -0.126. The van der Waals surface area contributed by atoms with Crippen LogP contribution in [-0.4, -0.2) is 20.3 Å². The first-order valence-corrected chi connectivity index (χ1v) is 7.03. The second-order valence-corrected chi connectivity index (χ2v) is 5.22. The van der Waals surface area contributed by atoms with Gasteiger partial charge in [-0.05, 0) is 42.6 Å². The number of amides is 1. The molecule has 3 heterocycles. The zero-order valence-electron chi connectivity index (χ0n) is 12.0. The lowest BCUT2D eigenvalue weighted by Crippen LogP contribution is -2.13. The van der Waals surface area contributed by atoms with Crippen LogP contribution < -0.4 is 5.32 Å². The molecule has 0 saturated carbocycles. The van der Waals surface area contributed by atoms with Crippen LogP contribution in [0.15, 0.2) is 55.0 Å². The molecule has 0 radical (unpaired) electrons. The number of aromatic nitrogens is 3. The molecule has 4 rings (SSSR count). The van der Waals surface area contributed by atoms with Crippen LogP contribution in [-0.2, 0) is 0 Å². The van der Waals surface area contributed by atoms with Crippen LogP contribution in [0.1, 0.15) is 16.1 Å². The molecular weight excluding hydrogens is 276 g/mol. The number of hydrogen-bond donors (Lipinski definition) is 2. The first-order chi connectivity index (χ1) is 10.7. The molecule has 0 aliphatic heterocycles. The highest BCUT2D eigenvalue weighted by Gasteiger charge is 2.10. The fraction of sp³-hybridized carbons (Fsp3) is 0.0588. The molecule has 4 aromatic rings. The highest BCUT2D eigenvalue weighted by Crippen LogP contribution is 2.19. The lowest BCUT2D eigenvalue weighted by molar-refractivity contribution is 0.102. The van der Waals surface area contributed by atoms with E-state index in [2.05, 4.69) is 15.3 Å². The van der Waals surface area contributed by atoms with Crippen molar-refractivity contribution in [3.63, 3.8) is 0 Å². The van der Waals surface area contributed by atoms with Gasteiger partial charge in [0.1, 0.15) is 5.65 Å². The molecule has 0 bridgehead atoms. The van der Waals surface area contributed by atoms with Gasteiger partial charge >= 0.3 is 0 Å². The van der Waals surface area contributed by atoms with Gasteiger partial charge in [0.2, 0.25) is 0 Å². The zero-order chi connectivity index (χ0) is 15.1. The van der Waals surface area contributed by atoms with Gasteiger partial charge in [0.25, 0.3) is 5.91 Å². The van der Waals surface area contributed by atoms with Crippen molar-refractivity contribution in [2.75, 3.05) is 5.32 Å². The Labute approximate surface area is 126 Å². The first-order valence-electron chi connectivity index (χ1n) is 7.03. The lowest BCUT2D eigenvalue weighted by Gasteiger charge is -2.10. The number of nitrogens with one attached hydrogen (secondary N) is 2. The van der Waals surface area contributed by atoms with Gasteiger partial charge in [-0.25, -0.2) is 4.98 Å². The molecule has 0 aliphatic rings. The van der Waals surface area contributed by atoms with E-state index in [1.54, 1.807) is 6.20 Å². The van der Waals surface area contributed by atoms with Crippen molar-refractivity contribution in [3.8, 4) is 0 Å². The smallest absolute Gasteiger partial charge is 0.255 e. The molecule has 1 aromatic carbocycles. The summed E-state index contributed by atoms with van der Waals surface area (Å²) in [4.78, 5) is 19.8. The number of anilines is 1. The maximum absolute atomic E-state index is 12.5. The van der Waals surface area contributed by atoms with Crippen LogP contribution in [0.3, 0.4) is 0 Å². The van der Waals surface area contributed by atoms with E-state index in [0.29, 0.717) is 5.56 Å². The van der Waals surface area contributed by atoms with Gasteiger partial charge < -0.3 is 14.7 Å². The lowest BCUT2D eigenvalue weighted by atomic mass is 10.1. The normalized spacial score (nSPS) is 11.1. The predicted octanol–water partition coefficient (Wildman–Crippen LogP) is 3.38.